The number of carbonyl (C=O) groups excluding carboxylic acids is 2. The Labute approximate surface area is 226 Å². The Kier molecular flexibility index (Phi) is 8.45. The monoisotopic (exact) mass is 547 g/mol. The third-order valence-electron chi connectivity index (χ3n) is 5.78. The molecule has 0 aliphatic heterocycles. The molecule has 0 aliphatic carbocycles. The molecule has 4 rings (SSSR count). The predicted molar refractivity (Wildman–Crippen MR) is 151 cm³/mol. The molecule has 7 nitrogen and oxygen atoms in total. The van der Waals surface area contributed by atoms with E-state index in [1.807, 2.05) is 30.3 Å². The normalized spacial score (nSPS) is 11.8. The number of amides is 3. The Morgan fingerprint density at radius 1 is 0.789 bits per heavy atom. The van der Waals surface area contributed by atoms with Crippen molar-refractivity contribution in [3.05, 3.63) is 114 Å². The van der Waals surface area contributed by atoms with Crippen molar-refractivity contribution >= 4 is 44.8 Å². The molecule has 0 radical (unpaired) electrons. The molecule has 1 atom stereocenters. The van der Waals surface area contributed by atoms with Crippen LogP contribution in [0.5, 0.6) is 0 Å². The Hall–Kier alpha value is -4.14. The van der Waals surface area contributed by atoms with Gasteiger partial charge in [0.2, 0.25) is 5.91 Å². The molecule has 3 N–H and O–H groups in total. The molecule has 0 fully saturated rings. The van der Waals surface area contributed by atoms with Crippen molar-refractivity contribution in [2.75, 3.05) is 16.9 Å². The van der Waals surface area contributed by atoms with Gasteiger partial charge in [-0.15, -0.1) is 0 Å². The highest BCUT2D eigenvalue weighted by Crippen LogP contribution is 2.28. The molecule has 0 heterocycles. The van der Waals surface area contributed by atoms with Gasteiger partial charge in [-0.3, -0.25) is 4.79 Å². The SMILES string of the molecule is CS(=O)(=O)c1ccccc1-c1ccc(NC(=O)[C@@H](Cc2ccccc2)NC(=O)Nc2ccccc2Cl)cc1. The molecule has 0 bridgehead atoms. The summed E-state index contributed by atoms with van der Waals surface area (Å²) < 4.78 is 24.4. The number of benzene rings is 4. The molecule has 38 heavy (non-hydrogen) atoms. The fourth-order valence-electron chi connectivity index (χ4n) is 3.93. The molecular formula is C29H26ClN3O4S. The summed E-state index contributed by atoms with van der Waals surface area (Å²) in [5.74, 6) is -0.410. The summed E-state index contributed by atoms with van der Waals surface area (Å²) >= 11 is 6.14. The van der Waals surface area contributed by atoms with Crippen molar-refractivity contribution in [1.82, 2.24) is 5.32 Å². The minimum atomic E-state index is -3.41. The lowest BCUT2D eigenvalue weighted by atomic mass is 10.0. The van der Waals surface area contributed by atoms with E-state index in [1.54, 1.807) is 72.8 Å². The van der Waals surface area contributed by atoms with Crippen LogP contribution in [0.3, 0.4) is 0 Å². The molecule has 0 spiro atoms. The summed E-state index contributed by atoms with van der Waals surface area (Å²) in [5.41, 5.74) is 3.07. The number of rotatable bonds is 8. The highest BCUT2D eigenvalue weighted by atomic mass is 35.5. The van der Waals surface area contributed by atoms with Gasteiger partial charge in [0.05, 0.1) is 15.6 Å². The number of hydrogen-bond donors (Lipinski definition) is 3. The van der Waals surface area contributed by atoms with Crippen LogP contribution in [0.1, 0.15) is 5.56 Å². The van der Waals surface area contributed by atoms with E-state index in [9.17, 15) is 18.0 Å². The molecule has 0 unspecified atom stereocenters. The summed E-state index contributed by atoms with van der Waals surface area (Å²) in [6.07, 6.45) is 1.44. The molecule has 3 amide bonds. The molecule has 0 aliphatic rings. The highest BCUT2D eigenvalue weighted by Gasteiger charge is 2.22. The van der Waals surface area contributed by atoms with Crippen molar-refractivity contribution in [2.24, 2.45) is 0 Å². The van der Waals surface area contributed by atoms with Gasteiger partial charge in [-0.25, -0.2) is 13.2 Å². The van der Waals surface area contributed by atoms with Crippen LogP contribution in [0, 0.1) is 0 Å². The van der Waals surface area contributed by atoms with Crippen molar-refractivity contribution in [1.29, 1.82) is 0 Å². The predicted octanol–water partition coefficient (Wildman–Crippen LogP) is 5.78. The number of para-hydroxylation sites is 1. The number of carbonyl (C=O) groups is 2. The van der Waals surface area contributed by atoms with Gasteiger partial charge in [-0.2, -0.15) is 0 Å². The Morgan fingerprint density at radius 2 is 1.42 bits per heavy atom. The van der Waals surface area contributed by atoms with Crippen molar-refractivity contribution < 1.29 is 18.0 Å². The van der Waals surface area contributed by atoms with Gasteiger partial charge in [-0.05, 0) is 41.5 Å². The summed E-state index contributed by atoms with van der Waals surface area (Å²) in [5, 5.41) is 8.63. The van der Waals surface area contributed by atoms with E-state index in [4.69, 9.17) is 11.6 Å². The number of nitrogens with one attached hydrogen (secondary N) is 3. The van der Waals surface area contributed by atoms with Gasteiger partial charge >= 0.3 is 6.03 Å². The Balaban J connectivity index is 1.51. The molecule has 0 aromatic heterocycles. The number of urea groups is 1. The van der Waals surface area contributed by atoms with Crippen LogP contribution < -0.4 is 16.0 Å². The minimum Gasteiger partial charge on any atom is -0.326 e. The van der Waals surface area contributed by atoms with Crippen molar-refractivity contribution in [2.45, 2.75) is 17.4 Å². The third-order valence-corrected chi connectivity index (χ3v) is 7.26. The molecule has 194 valence electrons. The van der Waals surface area contributed by atoms with Gasteiger partial charge in [-0.1, -0.05) is 84.4 Å². The second-order valence-corrected chi connectivity index (χ2v) is 11.0. The standard InChI is InChI=1S/C29H26ClN3O4S/c1-38(36,37)27-14-8-5-11-23(27)21-15-17-22(18-16-21)31-28(34)26(19-20-9-3-2-4-10-20)33-29(35)32-25-13-7-6-12-24(25)30/h2-18,26H,19H2,1H3,(H,31,34)(H2,32,33,35)/t26-/m1/s1. The van der Waals surface area contributed by atoms with Crippen LogP contribution in [0.4, 0.5) is 16.2 Å². The Morgan fingerprint density at radius 3 is 2.11 bits per heavy atom. The van der Waals surface area contributed by atoms with Gasteiger partial charge in [0.1, 0.15) is 6.04 Å². The molecule has 0 saturated carbocycles. The maximum Gasteiger partial charge on any atom is 0.319 e. The molecule has 9 heteroatoms. The average Bonchev–Trinajstić information content (AvgIpc) is 2.90. The van der Waals surface area contributed by atoms with Crippen LogP contribution in [0.25, 0.3) is 11.1 Å². The minimum absolute atomic E-state index is 0.230. The topological polar surface area (TPSA) is 104 Å². The Bertz CT molecular complexity index is 1540. The lowest BCUT2D eigenvalue weighted by Crippen LogP contribution is -2.47. The van der Waals surface area contributed by atoms with Gasteiger partial charge in [0, 0.05) is 23.9 Å². The van der Waals surface area contributed by atoms with Gasteiger partial charge < -0.3 is 16.0 Å². The van der Waals surface area contributed by atoms with Gasteiger partial charge in [0.15, 0.2) is 9.84 Å². The van der Waals surface area contributed by atoms with Crippen LogP contribution in [0.2, 0.25) is 5.02 Å². The van der Waals surface area contributed by atoms with E-state index in [-0.39, 0.29) is 11.3 Å². The van der Waals surface area contributed by atoms with Crippen LogP contribution in [0.15, 0.2) is 108 Å². The molecule has 0 saturated heterocycles. The number of sulfone groups is 1. The fraction of sp³-hybridized carbons (Fsp3) is 0.103. The molecule has 4 aromatic carbocycles. The zero-order chi connectivity index (χ0) is 27.1. The first-order chi connectivity index (χ1) is 18.2. The van der Waals surface area contributed by atoms with Crippen LogP contribution in [-0.2, 0) is 21.1 Å². The van der Waals surface area contributed by atoms with Crippen molar-refractivity contribution in [3.8, 4) is 11.1 Å². The summed E-state index contributed by atoms with van der Waals surface area (Å²) in [7, 11) is -3.41. The summed E-state index contributed by atoms with van der Waals surface area (Å²) in [6.45, 7) is 0. The van der Waals surface area contributed by atoms with E-state index in [1.165, 1.54) is 6.26 Å². The van der Waals surface area contributed by atoms with E-state index >= 15 is 0 Å². The second-order valence-electron chi connectivity index (χ2n) is 8.66. The van der Waals surface area contributed by atoms with Crippen molar-refractivity contribution in [3.63, 3.8) is 0 Å². The smallest absolute Gasteiger partial charge is 0.319 e. The lowest BCUT2D eigenvalue weighted by molar-refractivity contribution is -0.117. The maximum atomic E-state index is 13.3. The zero-order valence-corrected chi connectivity index (χ0v) is 22.1. The summed E-state index contributed by atoms with van der Waals surface area (Å²) in [6, 6.07) is 28.3. The van der Waals surface area contributed by atoms with Crippen LogP contribution in [-0.4, -0.2) is 32.7 Å². The average molecular weight is 548 g/mol. The largest absolute Gasteiger partial charge is 0.326 e. The van der Waals surface area contributed by atoms with Gasteiger partial charge in [0.25, 0.3) is 0 Å². The number of anilines is 2. The summed E-state index contributed by atoms with van der Waals surface area (Å²) in [4.78, 5) is 26.2. The fourth-order valence-corrected chi connectivity index (χ4v) is 5.02. The number of hydrogen-bond acceptors (Lipinski definition) is 4. The van der Waals surface area contributed by atoms with E-state index < -0.39 is 27.8 Å². The quantitative estimate of drug-likeness (QED) is 0.260. The van der Waals surface area contributed by atoms with E-state index in [2.05, 4.69) is 16.0 Å². The lowest BCUT2D eigenvalue weighted by Gasteiger charge is -2.19. The molecular weight excluding hydrogens is 522 g/mol. The first-order valence-corrected chi connectivity index (χ1v) is 14.0. The number of halogens is 1. The van der Waals surface area contributed by atoms with E-state index in [0.717, 1.165) is 5.56 Å². The van der Waals surface area contributed by atoms with Crippen LogP contribution >= 0.6 is 11.6 Å². The highest BCUT2D eigenvalue weighted by molar-refractivity contribution is 7.90. The third kappa shape index (κ3) is 7.00. The maximum absolute atomic E-state index is 13.3. The zero-order valence-electron chi connectivity index (χ0n) is 20.5. The molecule has 4 aromatic rings. The second kappa shape index (κ2) is 11.9. The first-order valence-electron chi connectivity index (χ1n) is 11.8. The first kappa shape index (κ1) is 26.9. The van der Waals surface area contributed by atoms with E-state index in [0.29, 0.717) is 27.5 Å².